The molecule has 0 aromatic heterocycles. The van der Waals surface area contributed by atoms with Crippen LogP contribution in [0.25, 0.3) is 0 Å². The first-order chi connectivity index (χ1) is 19.3. The second-order valence-corrected chi connectivity index (χ2v) is 11.2. The van der Waals surface area contributed by atoms with Crippen LogP contribution in [-0.2, 0) is 16.1 Å². The second-order valence-electron chi connectivity index (χ2n) is 11.2. The van der Waals surface area contributed by atoms with Gasteiger partial charge in [0.05, 0.1) is 31.1 Å². The molecule has 0 spiro atoms. The Morgan fingerprint density at radius 3 is 2.73 bits per heavy atom. The van der Waals surface area contributed by atoms with E-state index in [9.17, 15) is 9.59 Å². The highest BCUT2D eigenvalue weighted by atomic mass is 16.7. The van der Waals surface area contributed by atoms with Gasteiger partial charge in [0.2, 0.25) is 12.7 Å². The van der Waals surface area contributed by atoms with E-state index in [0.29, 0.717) is 35.8 Å². The van der Waals surface area contributed by atoms with Gasteiger partial charge in [-0.2, -0.15) is 0 Å². The van der Waals surface area contributed by atoms with Gasteiger partial charge in [-0.1, -0.05) is 44.2 Å². The number of rotatable bonds is 6. The number of allylic oxidation sites excluding steroid dienone is 1. The third kappa shape index (κ3) is 4.97. The van der Waals surface area contributed by atoms with Crippen molar-refractivity contribution in [3.63, 3.8) is 0 Å². The number of hydrogen-bond acceptors (Lipinski definition) is 7. The van der Waals surface area contributed by atoms with Gasteiger partial charge in [-0.15, -0.1) is 0 Å². The monoisotopic (exact) mass is 539 g/mol. The number of ketones is 1. The summed E-state index contributed by atoms with van der Waals surface area (Å²) in [6.07, 6.45) is 1.17. The van der Waals surface area contributed by atoms with E-state index in [1.165, 1.54) is 0 Å². The van der Waals surface area contributed by atoms with Crippen molar-refractivity contribution in [2.24, 2.45) is 5.41 Å². The van der Waals surface area contributed by atoms with Gasteiger partial charge in [0, 0.05) is 24.2 Å². The van der Waals surface area contributed by atoms with Crippen LogP contribution in [-0.4, -0.2) is 32.1 Å². The quantitative estimate of drug-likeness (QED) is 0.436. The molecule has 1 aliphatic carbocycles. The molecular weight excluding hydrogens is 506 g/mol. The number of amides is 1. The lowest BCUT2D eigenvalue weighted by molar-refractivity contribution is -0.120. The fourth-order valence-electron chi connectivity index (χ4n) is 5.85. The number of methoxy groups -OCH3 is 1. The number of hydrogen-bond donors (Lipinski definition) is 2. The number of fused-ring (bicyclic) bond motifs is 2. The Morgan fingerprint density at radius 1 is 1.05 bits per heavy atom. The molecule has 2 N–H and O–H groups in total. The number of Topliss-reactive ketones (excluding diaryl/α,β-unsaturated/α-hetero) is 1. The maximum atomic E-state index is 13.8. The number of ether oxygens (including phenoxy) is 3. The van der Waals surface area contributed by atoms with Gasteiger partial charge < -0.3 is 29.7 Å². The fraction of sp³-hybridized carbons (Fsp3) is 0.312. The van der Waals surface area contributed by atoms with Crippen molar-refractivity contribution >= 4 is 23.1 Å². The smallest absolute Gasteiger partial charge is 0.239 e. The van der Waals surface area contributed by atoms with Crippen molar-refractivity contribution in [1.29, 1.82) is 0 Å². The molecule has 1 amide bonds. The summed E-state index contributed by atoms with van der Waals surface area (Å²) in [6.45, 7) is 4.84. The van der Waals surface area contributed by atoms with Crippen molar-refractivity contribution < 1.29 is 23.8 Å². The van der Waals surface area contributed by atoms with E-state index in [-0.39, 0.29) is 30.4 Å². The number of nitrogens with one attached hydrogen (secondary N) is 2. The molecule has 1 atom stereocenters. The zero-order chi connectivity index (χ0) is 27.9. The molecule has 6 rings (SSSR count). The van der Waals surface area contributed by atoms with Crippen molar-refractivity contribution in [3.8, 4) is 17.2 Å². The SMILES string of the molecule is COc1cccc(C2C3=C(CC(C)(C)CC3=O)Nc3ccccc3N2CC(=O)NCc2ccc3c(c2)OCO3)c1. The van der Waals surface area contributed by atoms with Crippen LogP contribution in [0.2, 0.25) is 0 Å². The first-order valence-corrected chi connectivity index (χ1v) is 13.5. The molecule has 0 radical (unpaired) electrons. The van der Waals surface area contributed by atoms with Gasteiger partial charge in [-0.05, 0) is 59.4 Å². The summed E-state index contributed by atoms with van der Waals surface area (Å²) in [5.74, 6) is 2.00. The second kappa shape index (κ2) is 10.3. The molecule has 0 fully saturated rings. The highest BCUT2D eigenvalue weighted by Crippen LogP contribution is 2.48. The number of anilines is 2. The maximum absolute atomic E-state index is 13.8. The summed E-state index contributed by atoms with van der Waals surface area (Å²) < 4.78 is 16.4. The number of nitrogens with zero attached hydrogens (tertiary/aromatic N) is 1. The molecule has 1 unspecified atom stereocenters. The minimum Gasteiger partial charge on any atom is -0.497 e. The lowest BCUT2D eigenvalue weighted by Crippen LogP contribution is -2.41. The number of carbonyl (C=O) groups is 2. The zero-order valence-corrected chi connectivity index (χ0v) is 23.0. The van der Waals surface area contributed by atoms with E-state index in [1.807, 2.05) is 71.6 Å². The molecule has 40 heavy (non-hydrogen) atoms. The molecule has 3 aromatic carbocycles. The van der Waals surface area contributed by atoms with Crippen LogP contribution in [0.5, 0.6) is 17.2 Å². The number of para-hydroxylation sites is 2. The Bertz CT molecular complexity index is 1510. The maximum Gasteiger partial charge on any atom is 0.239 e. The van der Waals surface area contributed by atoms with Crippen molar-refractivity contribution in [1.82, 2.24) is 5.32 Å². The Balaban J connectivity index is 1.38. The van der Waals surface area contributed by atoms with E-state index < -0.39 is 6.04 Å². The van der Waals surface area contributed by atoms with E-state index in [4.69, 9.17) is 14.2 Å². The van der Waals surface area contributed by atoms with E-state index >= 15 is 0 Å². The Labute approximate surface area is 233 Å². The Hall–Kier alpha value is -4.46. The molecule has 3 aliphatic rings. The standard InChI is InChI=1S/C32H33N3O5/c1-32(2)15-24-30(26(36)16-32)31(21-7-6-8-22(14-21)38-3)35(25-10-5-4-9-23(25)34-24)18-29(37)33-17-20-11-12-27-28(13-20)40-19-39-27/h4-14,31,34H,15-19H2,1-3H3,(H,33,37). The molecule has 206 valence electrons. The molecule has 2 heterocycles. The van der Waals surface area contributed by atoms with E-state index in [1.54, 1.807) is 7.11 Å². The van der Waals surface area contributed by atoms with Gasteiger partial charge >= 0.3 is 0 Å². The normalized spacial score (nSPS) is 18.8. The van der Waals surface area contributed by atoms with Gasteiger partial charge in [0.1, 0.15) is 5.75 Å². The predicted octanol–water partition coefficient (Wildman–Crippen LogP) is 5.36. The Morgan fingerprint density at radius 2 is 1.88 bits per heavy atom. The summed E-state index contributed by atoms with van der Waals surface area (Å²) in [6, 6.07) is 20.8. The number of carbonyl (C=O) groups excluding carboxylic acids is 2. The third-order valence-electron chi connectivity index (χ3n) is 7.65. The molecular formula is C32H33N3O5. The van der Waals surface area contributed by atoms with Gasteiger partial charge in [0.25, 0.3) is 0 Å². The lowest BCUT2D eigenvalue weighted by atomic mass is 9.73. The minimum absolute atomic E-state index is 0.0541. The van der Waals surface area contributed by atoms with Crippen molar-refractivity contribution in [2.75, 3.05) is 30.7 Å². The first kappa shape index (κ1) is 25.8. The molecule has 0 saturated heterocycles. The van der Waals surface area contributed by atoms with Crippen LogP contribution >= 0.6 is 0 Å². The van der Waals surface area contributed by atoms with Gasteiger partial charge in [0.15, 0.2) is 17.3 Å². The third-order valence-corrected chi connectivity index (χ3v) is 7.65. The largest absolute Gasteiger partial charge is 0.497 e. The minimum atomic E-state index is -0.471. The summed E-state index contributed by atoms with van der Waals surface area (Å²) >= 11 is 0. The molecule has 0 bridgehead atoms. The molecule has 3 aromatic rings. The lowest BCUT2D eigenvalue weighted by Gasteiger charge is -2.38. The average molecular weight is 540 g/mol. The van der Waals surface area contributed by atoms with Crippen LogP contribution in [0.4, 0.5) is 11.4 Å². The summed E-state index contributed by atoms with van der Waals surface area (Å²) in [5, 5.41) is 6.65. The highest BCUT2D eigenvalue weighted by Gasteiger charge is 2.42. The average Bonchev–Trinajstić information content (AvgIpc) is 3.36. The van der Waals surface area contributed by atoms with E-state index in [2.05, 4.69) is 24.5 Å². The van der Waals surface area contributed by atoms with Crippen LogP contribution in [0.3, 0.4) is 0 Å². The fourth-order valence-corrected chi connectivity index (χ4v) is 5.85. The first-order valence-electron chi connectivity index (χ1n) is 13.5. The molecule has 8 heteroatoms. The topological polar surface area (TPSA) is 89.1 Å². The highest BCUT2D eigenvalue weighted by molar-refractivity contribution is 6.02. The van der Waals surface area contributed by atoms with Crippen LogP contribution in [0.15, 0.2) is 78.0 Å². The Kier molecular flexibility index (Phi) is 6.62. The zero-order valence-electron chi connectivity index (χ0n) is 23.0. The molecule has 8 nitrogen and oxygen atoms in total. The van der Waals surface area contributed by atoms with Gasteiger partial charge in [-0.25, -0.2) is 0 Å². The molecule has 2 aliphatic heterocycles. The number of benzene rings is 3. The van der Waals surface area contributed by atoms with Crippen molar-refractivity contribution in [3.05, 3.63) is 89.1 Å². The predicted molar refractivity (Wildman–Crippen MR) is 153 cm³/mol. The van der Waals surface area contributed by atoms with Crippen LogP contribution in [0.1, 0.15) is 43.9 Å². The summed E-state index contributed by atoms with van der Waals surface area (Å²) in [4.78, 5) is 29.4. The summed E-state index contributed by atoms with van der Waals surface area (Å²) in [5.41, 5.74) is 4.96. The summed E-state index contributed by atoms with van der Waals surface area (Å²) in [7, 11) is 1.63. The van der Waals surface area contributed by atoms with E-state index in [0.717, 1.165) is 34.6 Å². The van der Waals surface area contributed by atoms with Crippen LogP contribution in [0, 0.1) is 5.41 Å². The van der Waals surface area contributed by atoms with Crippen LogP contribution < -0.4 is 29.7 Å². The van der Waals surface area contributed by atoms with Crippen molar-refractivity contribution in [2.45, 2.75) is 39.3 Å². The molecule has 0 saturated carbocycles. The van der Waals surface area contributed by atoms with Gasteiger partial charge in [-0.3, -0.25) is 9.59 Å².